The standard InChI is InChI=1S/C22H29N5O3/c1-22(2,3)30-21(29)26-11-14-6-7-15(12-26)27(14)17-10-18(25-20(28)13-4-5-13)24-19-16(17)8-9-23-19/h8-10,13-15H,4-7,11-12H2,1-3H3,(H2,23,24,25,28). The van der Waals surface area contributed by atoms with Crippen molar-refractivity contribution >= 4 is 34.5 Å². The number of rotatable bonds is 3. The highest BCUT2D eigenvalue weighted by Gasteiger charge is 2.43. The number of fused-ring (bicyclic) bond motifs is 3. The number of hydrogen-bond acceptors (Lipinski definition) is 5. The lowest BCUT2D eigenvalue weighted by Gasteiger charge is -2.42. The van der Waals surface area contributed by atoms with Crippen molar-refractivity contribution in [1.82, 2.24) is 14.9 Å². The van der Waals surface area contributed by atoms with Crippen molar-refractivity contribution < 1.29 is 14.3 Å². The molecule has 0 radical (unpaired) electrons. The summed E-state index contributed by atoms with van der Waals surface area (Å²) in [5, 5.41) is 4.03. The van der Waals surface area contributed by atoms with Crippen LogP contribution in [0, 0.1) is 5.92 Å². The molecule has 2 aromatic heterocycles. The number of aromatic nitrogens is 2. The fourth-order valence-electron chi connectivity index (χ4n) is 4.64. The molecule has 8 nitrogen and oxygen atoms in total. The van der Waals surface area contributed by atoms with Crippen LogP contribution in [-0.4, -0.2) is 57.6 Å². The lowest BCUT2D eigenvalue weighted by molar-refractivity contribution is -0.117. The maximum absolute atomic E-state index is 12.6. The van der Waals surface area contributed by atoms with Crippen molar-refractivity contribution in [3.8, 4) is 0 Å². The van der Waals surface area contributed by atoms with E-state index < -0.39 is 5.60 Å². The number of ether oxygens (including phenoxy) is 1. The van der Waals surface area contributed by atoms with E-state index in [2.05, 4.69) is 20.2 Å². The van der Waals surface area contributed by atoms with Gasteiger partial charge in [0.05, 0.1) is 5.69 Å². The Hall–Kier alpha value is -2.77. The molecule has 0 aromatic carbocycles. The van der Waals surface area contributed by atoms with Crippen LogP contribution >= 0.6 is 0 Å². The molecule has 8 heteroatoms. The number of hydrogen-bond donors (Lipinski definition) is 2. The number of nitrogens with one attached hydrogen (secondary N) is 2. The summed E-state index contributed by atoms with van der Waals surface area (Å²) in [7, 11) is 0. The van der Waals surface area contributed by atoms with Gasteiger partial charge < -0.3 is 24.8 Å². The predicted octanol–water partition coefficient (Wildman–Crippen LogP) is 3.50. The summed E-state index contributed by atoms with van der Waals surface area (Å²) >= 11 is 0. The summed E-state index contributed by atoms with van der Waals surface area (Å²) in [5.74, 6) is 0.769. The summed E-state index contributed by atoms with van der Waals surface area (Å²) < 4.78 is 5.60. The molecule has 5 rings (SSSR count). The number of H-pyrrole nitrogens is 1. The molecule has 2 saturated heterocycles. The highest BCUT2D eigenvalue weighted by atomic mass is 16.6. The number of aromatic amines is 1. The van der Waals surface area contributed by atoms with E-state index in [1.165, 1.54) is 0 Å². The number of anilines is 2. The largest absolute Gasteiger partial charge is 0.444 e. The molecule has 2 atom stereocenters. The normalized spacial score (nSPS) is 23.7. The van der Waals surface area contributed by atoms with Gasteiger partial charge in [-0.15, -0.1) is 0 Å². The Morgan fingerprint density at radius 2 is 1.87 bits per heavy atom. The van der Waals surface area contributed by atoms with Gasteiger partial charge in [-0.3, -0.25) is 4.79 Å². The molecule has 4 heterocycles. The second-order valence-electron chi connectivity index (χ2n) is 9.71. The zero-order valence-electron chi connectivity index (χ0n) is 17.8. The van der Waals surface area contributed by atoms with Gasteiger partial charge in [0, 0.05) is 48.7 Å². The first kappa shape index (κ1) is 19.2. The number of nitrogens with zero attached hydrogens (tertiary/aromatic N) is 3. The van der Waals surface area contributed by atoms with Crippen molar-refractivity contribution in [2.24, 2.45) is 5.92 Å². The van der Waals surface area contributed by atoms with Crippen LogP contribution in [0.25, 0.3) is 11.0 Å². The third kappa shape index (κ3) is 3.59. The first-order valence-electron chi connectivity index (χ1n) is 10.8. The molecule has 2 bridgehead atoms. The van der Waals surface area contributed by atoms with Crippen LogP contribution in [-0.2, 0) is 9.53 Å². The Bertz CT molecular complexity index is 976. The fourth-order valence-corrected chi connectivity index (χ4v) is 4.64. The molecule has 2 unspecified atom stereocenters. The van der Waals surface area contributed by atoms with Gasteiger partial charge >= 0.3 is 6.09 Å². The average molecular weight is 412 g/mol. The van der Waals surface area contributed by atoms with Crippen molar-refractivity contribution in [2.75, 3.05) is 23.3 Å². The molecular formula is C22H29N5O3. The number of piperazine rings is 1. The molecule has 1 aliphatic carbocycles. The van der Waals surface area contributed by atoms with E-state index in [9.17, 15) is 9.59 Å². The fraction of sp³-hybridized carbons (Fsp3) is 0.591. The number of amides is 2. The Kier molecular flexibility index (Phi) is 4.41. The van der Waals surface area contributed by atoms with Crippen LogP contribution < -0.4 is 10.2 Å². The third-order valence-corrected chi connectivity index (χ3v) is 6.12. The lowest BCUT2D eigenvalue weighted by Crippen LogP contribution is -2.56. The van der Waals surface area contributed by atoms with Gasteiger partial charge in [-0.2, -0.15) is 0 Å². The summed E-state index contributed by atoms with van der Waals surface area (Å²) in [6.45, 7) is 6.97. The van der Waals surface area contributed by atoms with Crippen LogP contribution in [0.4, 0.5) is 16.3 Å². The van der Waals surface area contributed by atoms with Crippen LogP contribution in [0.5, 0.6) is 0 Å². The van der Waals surface area contributed by atoms with Crippen molar-refractivity contribution in [2.45, 2.75) is 64.1 Å². The van der Waals surface area contributed by atoms with Gasteiger partial charge in [0.1, 0.15) is 17.1 Å². The van der Waals surface area contributed by atoms with Gasteiger partial charge in [0.25, 0.3) is 0 Å². The Balaban J connectivity index is 1.41. The number of carbonyl (C=O) groups is 2. The smallest absolute Gasteiger partial charge is 0.410 e. The Labute approximate surface area is 176 Å². The molecule has 2 aromatic rings. The first-order valence-corrected chi connectivity index (χ1v) is 10.8. The van der Waals surface area contributed by atoms with Crippen LogP contribution in [0.1, 0.15) is 46.5 Å². The molecular weight excluding hydrogens is 382 g/mol. The second-order valence-corrected chi connectivity index (χ2v) is 9.71. The quantitative estimate of drug-likeness (QED) is 0.807. The predicted molar refractivity (Wildman–Crippen MR) is 115 cm³/mol. The summed E-state index contributed by atoms with van der Waals surface area (Å²) in [5.41, 5.74) is 1.35. The van der Waals surface area contributed by atoms with E-state index in [0.717, 1.165) is 42.4 Å². The topological polar surface area (TPSA) is 90.6 Å². The molecule has 2 N–H and O–H groups in total. The van der Waals surface area contributed by atoms with Gasteiger partial charge in [-0.05, 0) is 52.5 Å². The molecule has 3 aliphatic rings. The molecule has 0 spiro atoms. The van der Waals surface area contributed by atoms with Crippen LogP contribution in [0.2, 0.25) is 0 Å². The first-order chi connectivity index (χ1) is 14.3. The summed E-state index contributed by atoms with van der Waals surface area (Å²) in [6.07, 6.45) is 5.62. The number of carbonyl (C=O) groups excluding carboxylic acids is 2. The van der Waals surface area contributed by atoms with E-state index in [-0.39, 0.29) is 30.0 Å². The minimum absolute atomic E-state index is 0.0528. The van der Waals surface area contributed by atoms with E-state index >= 15 is 0 Å². The van der Waals surface area contributed by atoms with Gasteiger partial charge in [0.15, 0.2) is 0 Å². The highest BCUT2D eigenvalue weighted by Crippen LogP contribution is 2.40. The number of likely N-dealkylation sites (tertiary alicyclic amines) is 1. The van der Waals surface area contributed by atoms with Gasteiger partial charge in [0.2, 0.25) is 5.91 Å². The summed E-state index contributed by atoms with van der Waals surface area (Å²) in [4.78, 5) is 36.9. The minimum Gasteiger partial charge on any atom is -0.444 e. The van der Waals surface area contributed by atoms with Crippen molar-refractivity contribution in [3.63, 3.8) is 0 Å². The van der Waals surface area contributed by atoms with Crippen molar-refractivity contribution in [3.05, 3.63) is 18.3 Å². The van der Waals surface area contributed by atoms with Crippen LogP contribution in [0.15, 0.2) is 18.3 Å². The lowest BCUT2D eigenvalue weighted by atomic mass is 10.1. The van der Waals surface area contributed by atoms with Gasteiger partial charge in [-0.25, -0.2) is 9.78 Å². The van der Waals surface area contributed by atoms with E-state index in [4.69, 9.17) is 4.74 Å². The second kappa shape index (κ2) is 6.89. The highest BCUT2D eigenvalue weighted by molar-refractivity contribution is 5.98. The van der Waals surface area contributed by atoms with E-state index in [0.29, 0.717) is 18.9 Å². The Morgan fingerprint density at radius 1 is 1.17 bits per heavy atom. The minimum atomic E-state index is -0.496. The molecule has 30 heavy (non-hydrogen) atoms. The average Bonchev–Trinajstić information content (AvgIpc) is 3.36. The van der Waals surface area contributed by atoms with Crippen molar-refractivity contribution in [1.29, 1.82) is 0 Å². The molecule has 2 amide bonds. The zero-order chi connectivity index (χ0) is 21.0. The molecule has 2 aliphatic heterocycles. The van der Waals surface area contributed by atoms with E-state index in [1.54, 1.807) is 0 Å². The van der Waals surface area contributed by atoms with Crippen LogP contribution in [0.3, 0.4) is 0 Å². The summed E-state index contributed by atoms with van der Waals surface area (Å²) in [6, 6.07) is 4.47. The maximum atomic E-state index is 12.6. The zero-order valence-corrected chi connectivity index (χ0v) is 17.8. The maximum Gasteiger partial charge on any atom is 0.410 e. The Morgan fingerprint density at radius 3 is 2.50 bits per heavy atom. The molecule has 3 fully saturated rings. The van der Waals surface area contributed by atoms with E-state index in [1.807, 2.05) is 44.0 Å². The van der Waals surface area contributed by atoms with Gasteiger partial charge in [-0.1, -0.05) is 0 Å². The SMILES string of the molecule is CC(C)(C)OC(=O)N1CC2CCC(C1)N2c1cc(NC(=O)C2CC2)nc2[nH]ccc12. The number of pyridine rings is 1. The molecule has 160 valence electrons. The molecule has 1 saturated carbocycles. The monoisotopic (exact) mass is 411 g/mol. The third-order valence-electron chi connectivity index (χ3n) is 6.12.